The monoisotopic (exact) mass is 272 g/mol. The van der Waals surface area contributed by atoms with E-state index in [-0.39, 0.29) is 5.38 Å². The fraction of sp³-hybridized carbons (Fsp3) is 0.571. The minimum atomic E-state index is -0.0510. The molecule has 0 spiro atoms. The highest BCUT2D eigenvalue weighted by atomic mass is 35.5. The number of alkyl halides is 1. The SMILES string of the molecule is Cc1cc(Cl)c(C(Cl)CC2CCCO2)cc1C. The van der Waals surface area contributed by atoms with Crippen LogP contribution in [-0.4, -0.2) is 12.7 Å². The molecule has 2 rings (SSSR count). The first-order valence-electron chi connectivity index (χ1n) is 6.10. The Hall–Kier alpha value is -0.240. The average molecular weight is 273 g/mol. The lowest BCUT2D eigenvalue weighted by atomic mass is 10.00. The maximum atomic E-state index is 6.45. The summed E-state index contributed by atoms with van der Waals surface area (Å²) in [7, 11) is 0. The fourth-order valence-electron chi connectivity index (χ4n) is 2.23. The standard InChI is InChI=1S/C14H18Cl2O/c1-9-6-12(13(15)7-10(9)2)14(16)8-11-4-3-5-17-11/h6-7,11,14H,3-5,8H2,1-2H3. The Morgan fingerprint density at radius 2 is 2.06 bits per heavy atom. The summed E-state index contributed by atoms with van der Waals surface area (Å²) in [6.07, 6.45) is 3.42. The molecular weight excluding hydrogens is 255 g/mol. The van der Waals surface area contributed by atoms with Gasteiger partial charge in [0.05, 0.1) is 11.5 Å². The molecule has 17 heavy (non-hydrogen) atoms. The third kappa shape index (κ3) is 3.15. The Morgan fingerprint density at radius 1 is 1.35 bits per heavy atom. The summed E-state index contributed by atoms with van der Waals surface area (Å²) in [5.41, 5.74) is 3.48. The van der Waals surface area contributed by atoms with E-state index in [4.69, 9.17) is 27.9 Å². The molecule has 0 aromatic heterocycles. The minimum absolute atomic E-state index is 0.0510. The van der Waals surface area contributed by atoms with Crippen molar-refractivity contribution in [2.24, 2.45) is 0 Å². The average Bonchev–Trinajstić information content (AvgIpc) is 2.76. The lowest BCUT2D eigenvalue weighted by Gasteiger charge is -2.17. The Balaban J connectivity index is 2.12. The quantitative estimate of drug-likeness (QED) is 0.718. The first kappa shape index (κ1) is 13.2. The molecule has 0 radical (unpaired) electrons. The molecule has 1 fully saturated rings. The second-order valence-corrected chi connectivity index (χ2v) is 5.73. The molecule has 0 bridgehead atoms. The molecule has 2 atom stereocenters. The third-order valence-corrected chi connectivity index (χ3v) is 4.18. The van der Waals surface area contributed by atoms with E-state index in [2.05, 4.69) is 19.9 Å². The van der Waals surface area contributed by atoms with Crippen LogP contribution in [0.4, 0.5) is 0 Å². The predicted molar refractivity (Wildman–Crippen MR) is 73.1 cm³/mol. The Labute approximate surface area is 113 Å². The van der Waals surface area contributed by atoms with Gasteiger partial charge < -0.3 is 4.74 Å². The van der Waals surface area contributed by atoms with Crippen LogP contribution < -0.4 is 0 Å². The van der Waals surface area contributed by atoms with E-state index in [0.717, 1.165) is 36.5 Å². The van der Waals surface area contributed by atoms with Gasteiger partial charge in [0.2, 0.25) is 0 Å². The van der Waals surface area contributed by atoms with Gasteiger partial charge in [-0.1, -0.05) is 17.7 Å². The molecule has 2 unspecified atom stereocenters. The number of rotatable bonds is 3. The van der Waals surface area contributed by atoms with Crippen LogP contribution in [-0.2, 0) is 4.74 Å². The van der Waals surface area contributed by atoms with Gasteiger partial charge in [-0.05, 0) is 55.9 Å². The Morgan fingerprint density at radius 3 is 2.71 bits per heavy atom. The minimum Gasteiger partial charge on any atom is -0.378 e. The Kier molecular flexibility index (Phi) is 4.35. The van der Waals surface area contributed by atoms with Crippen LogP contribution in [0.25, 0.3) is 0 Å². The van der Waals surface area contributed by atoms with Crippen LogP contribution in [0.3, 0.4) is 0 Å². The molecule has 0 amide bonds. The van der Waals surface area contributed by atoms with E-state index in [1.807, 2.05) is 6.07 Å². The van der Waals surface area contributed by atoms with E-state index in [1.165, 1.54) is 11.1 Å². The first-order chi connectivity index (χ1) is 8.08. The van der Waals surface area contributed by atoms with Crippen molar-refractivity contribution in [1.29, 1.82) is 0 Å². The maximum Gasteiger partial charge on any atom is 0.0624 e. The number of halogens is 2. The Bertz CT molecular complexity index is 397. The van der Waals surface area contributed by atoms with E-state index in [0.29, 0.717) is 6.10 Å². The summed E-state index contributed by atoms with van der Waals surface area (Å²) in [6.45, 7) is 5.02. The molecule has 1 aromatic carbocycles. The smallest absolute Gasteiger partial charge is 0.0624 e. The van der Waals surface area contributed by atoms with Crippen LogP contribution in [0.5, 0.6) is 0 Å². The lowest BCUT2D eigenvalue weighted by Crippen LogP contribution is -2.08. The number of aryl methyl sites for hydroxylation is 2. The number of ether oxygens (including phenoxy) is 1. The van der Waals surface area contributed by atoms with Gasteiger partial charge >= 0.3 is 0 Å². The fourth-order valence-corrected chi connectivity index (χ4v) is 3.02. The lowest BCUT2D eigenvalue weighted by molar-refractivity contribution is 0.103. The van der Waals surface area contributed by atoms with Crippen molar-refractivity contribution in [3.05, 3.63) is 33.8 Å². The van der Waals surface area contributed by atoms with Gasteiger partial charge in [0, 0.05) is 11.6 Å². The van der Waals surface area contributed by atoms with Gasteiger partial charge in [-0.2, -0.15) is 0 Å². The highest BCUT2D eigenvalue weighted by Crippen LogP contribution is 2.35. The van der Waals surface area contributed by atoms with E-state index < -0.39 is 0 Å². The molecule has 3 heteroatoms. The molecule has 1 heterocycles. The van der Waals surface area contributed by atoms with Gasteiger partial charge in [0.15, 0.2) is 0 Å². The van der Waals surface area contributed by atoms with Gasteiger partial charge in [0.1, 0.15) is 0 Å². The third-order valence-electron chi connectivity index (χ3n) is 3.44. The van der Waals surface area contributed by atoms with Gasteiger partial charge in [-0.15, -0.1) is 11.6 Å². The van der Waals surface area contributed by atoms with Crippen LogP contribution in [0.15, 0.2) is 12.1 Å². The molecule has 1 nitrogen and oxygen atoms in total. The number of benzene rings is 1. The molecule has 1 aliphatic rings. The van der Waals surface area contributed by atoms with Gasteiger partial charge in [-0.3, -0.25) is 0 Å². The summed E-state index contributed by atoms with van der Waals surface area (Å²) in [5, 5.41) is 0.719. The molecule has 1 saturated heterocycles. The van der Waals surface area contributed by atoms with E-state index in [9.17, 15) is 0 Å². The summed E-state index contributed by atoms with van der Waals surface area (Å²) in [6, 6.07) is 4.10. The predicted octanol–water partition coefficient (Wildman–Crippen LogP) is 4.81. The second-order valence-electron chi connectivity index (χ2n) is 4.80. The van der Waals surface area contributed by atoms with Crippen molar-refractivity contribution < 1.29 is 4.74 Å². The zero-order valence-corrected chi connectivity index (χ0v) is 11.8. The van der Waals surface area contributed by atoms with Crippen LogP contribution in [0.1, 0.15) is 41.3 Å². The highest BCUT2D eigenvalue weighted by Gasteiger charge is 2.22. The molecule has 1 aromatic rings. The molecular formula is C14H18Cl2O. The highest BCUT2D eigenvalue weighted by molar-refractivity contribution is 6.32. The van der Waals surface area contributed by atoms with Crippen molar-refractivity contribution >= 4 is 23.2 Å². The van der Waals surface area contributed by atoms with Crippen molar-refractivity contribution in [3.8, 4) is 0 Å². The van der Waals surface area contributed by atoms with Crippen LogP contribution in [0.2, 0.25) is 5.02 Å². The van der Waals surface area contributed by atoms with Crippen molar-refractivity contribution in [1.82, 2.24) is 0 Å². The summed E-state index contributed by atoms with van der Waals surface area (Å²) >= 11 is 12.7. The topological polar surface area (TPSA) is 9.23 Å². The largest absolute Gasteiger partial charge is 0.378 e. The first-order valence-corrected chi connectivity index (χ1v) is 6.91. The van der Waals surface area contributed by atoms with Crippen LogP contribution >= 0.6 is 23.2 Å². The zero-order chi connectivity index (χ0) is 12.4. The molecule has 94 valence electrons. The van der Waals surface area contributed by atoms with Gasteiger partial charge in [-0.25, -0.2) is 0 Å². The molecule has 0 N–H and O–H groups in total. The van der Waals surface area contributed by atoms with Crippen molar-refractivity contribution in [2.75, 3.05) is 6.61 Å². The maximum absolute atomic E-state index is 6.45. The van der Waals surface area contributed by atoms with Gasteiger partial charge in [0.25, 0.3) is 0 Å². The zero-order valence-electron chi connectivity index (χ0n) is 10.3. The summed E-state index contributed by atoms with van der Waals surface area (Å²) < 4.78 is 5.61. The van der Waals surface area contributed by atoms with Crippen molar-refractivity contribution in [2.45, 2.75) is 44.6 Å². The molecule has 1 aliphatic heterocycles. The van der Waals surface area contributed by atoms with E-state index >= 15 is 0 Å². The van der Waals surface area contributed by atoms with Crippen LogP contribution in [0, 0.1) is 13.8 Å². The van der Waals surface area contributed by atoms with Crippen molar-refractivity contribution in [3.63, 3.8) is 0 Å². The molecule has 0 aliphatic carbocycles. The number of hydrogen-bond donors (Lipinski definition) is 0. The number of hydrogen-bond acceptors (Lipinski definition) is 1. The molecule has 0 saturated carbocycles. The summed E-state index contributed by atoms with van der Waals surface area (Å²) in [5.74, 6) is 0. The normalized spacial score (nSPS) is 21.8. The second kappa shape index (κ2) is 5.60. The summed E-state index contributed by atoms with van der Waals surface area (Å²) in [4.78, 5) is 0. The van der Waals surface area contributed by atoms with E-state index in [1.54, 1.807) is 0 Å².